The van der Waals surface area contributed by atoms with Crippen molar-refractivity contribution < 1.29 is 9.59 Å². The minimum atomic E-state index is -0.355. The fourth-order valence-corrected chi connectivity index (χ4v) is 3.68. The Labute approximate surface area is 150 Å². The van der Waals surface area contributed by atoms with Gasteiger partial charge in [0.25, 0.3) is 0 Å². The number of anilines is 2. The van der Waals surface area contributed by atoms with Crippen molar-refractivity contribution in [2.24, 2.45) is 5.73 Å². The van der Waals surface area contributed by atoms with E-state index in [2.05, 4.69) is 15.6 Å². The zero-order valence-corrected chi connectivity index (χ0v) is 14.9. The zero-order valence-electron chi connectivity index (χ0n) is 13.2. The van der Waals surface area contributed by atoms with Crippen molar-refractivity contribution >= 4 is 36.7 Å². The van der Waals surface area contributed by atoms with Gasteiger partial charge in [0.15, 0.2) is 0 Å². The van der Waals surface area contributed by atoms with E-state index in [0.717, 1.165) is 5.56 Å². The van der Waals surface area contributed by atoms with Crippen molar-refractivity contribution in [2.75, 3.05) is 10.6 Å². The van der Waals surface area contributed by atoms with Gasteiger partial charge in [-0.3, -0.25) is 0 Å². The molecular weight excluding hydrogens is 383 g/mol. The summed E-state index contributed by atoms with van der Waals surface area (Å²) in [7, 11) is 0. The minimum absolute atomic E-state index is 0.228. The van der Waals surface area contributed by atoms with Gasteiger partial charge >= 0.3 is 151 Å². The van der Waals surface area contributed by atoms with Crippen LogP contribution in [0.5, 0.6) is 0 Å². The molecule has 0 saturated carbocycles. The van der Waals surface area contributed by atoms with E-state index in [4.69, 9.17) is 5.73 Å². The van der Waals surface area contributed by atoms with Gasteiger partial charge in [-0.2, -0.15) is 0 Å². The van der Waals surface area contributed by atoms with Crippen LogP contribution in [0.3, 0.4) is 0 Å². The molecule has 0 aliphatic rings. The molecule has 0 bridgehead atoms. The molecule has 25 heavy (non-hydrogen) atoms. The van der Waals surface area contributed by atoms with E-state index in [9.17, 15) is 9.59 Å². The third kappa shape index (κ3) is 4.22. The number of benzene rings is 2. The van der Waals surface area contributed by atoms with Crippen molar-refractivity contribution in [3.8, 4) is 0 Å². The standard InChI is InChI=1S/C18H16N4O2Se/c19-10-13-8-4-5-9-14(13)21-17(24)15-11-20-18(25-15)22-16(23)12-6-2-1-3-7-12/h1-9,11H,10,19H2,(H,21,24)(H,20,22,23). The molecular formula is C18H16N4O2Se. The molecule has 6 nitrogen and oxygen atoms in total. The third-order valence-corrected chi connectivity index (χ3v) is 5.38. The third-order valence-electron chi connectivity index (χ3n) is 3.47. The Balaban J connectivity index is 1.68. The monoisotopic (exact) mass is 400 g/mol. The van der Waals surface area contributed by atoms with Crippen LogP contribution in [0.1, 0.15) is 25.2 Å². The van der Waals surface area contributed by atoms with Crippen molar-refractivity contribution in [1.29, 1.82) is 0 Å². The fourth-order valence-electron chi connectivity index (χ4n) is 2.20. The number of nitrogens with two attached hydrogens (primary N) is 1. The van der Waals surface area contributed by atoms with Crippen molar-refractivity contribution in [1.82, 2.24) is 4.98 Å². The van der Waals surface area contributed by atoms with Crippen LogP contribution in [0.25, 0.3) is 0 Å². The molecule has 1 heterocycles. The van der Waals surface area contributed by atoms with Gasteiger partial charge in [-0.05, 0) is 0 Å². The second-order valence-electron chi connectivity index (χ2n) is 5.17. The molecule has 4 N–H and O–H groups in total. The Bertz CT molecular complexity index is 893. The predicted molar refractivity (Wildman–Crippen MR) is 97.9 cm³/mol. The molecule has 0 unspecified atom stereocenters. The number of hydrogen-bond acceptors (Lipinski definition) is 4. The Hall–Kier alpha value is -2.73. The summed E-state index contributed by atoms with van der Waals surface area (Å²) in [6, 6.07) is 16.3. The van der Waals surface area contributed by atoms with Crippen LogP contribution in [0, 0.1) is 0 Å². The molecule has 2 amide bonds. The molecule has 2 aromatic carbocycles. The van der Waals surface area contributed by atoms with Crippen molar-refractivity contribution in [3.63, 3.8) is 0 Å². The first-order valence-corrected chi connectivity index (χ1v) is 9.30. The molecule has 0 spiro atoms. The number of aromatic nitrogens is 1. The van der Waals surface area contributed by atoms with Crippen LogP contribution in [0.15, 0.2) is 60.8 Å². The van der Waals surface area contributed by atoms with Crippen LogP contribution in [0.2, 0.25) is 0 Å². The maximum atomic E-state index is 12.4. The van der Waals surface area contributed by atoms with Gasteiger partial charge in [0.05, 0.1) is 0 Å². The first-order valence-electron chi connectivity index (χ1n) is 7.59. The molecule has 0 aliphatic carbocycles. The Morgan fingerprint density at radius 3 is 2.44 bits per heavy atom. The molecule has 3 rings (SSSR count). The summed E-state index contributed by atoms with van der Waals surface area (Å²) in [4.78, 5) is 28.7. The van der Waals surface area contributed by atoms with E-state index in [-0.39, 0.29) is 26.3 Å². The Morgan fingerprint density at radius 1 is 0.960 bits per heavy atom. The number of rotatable bonds is 5. The number of carbonyl (C=O) groups excluding carboxylic acids is 2. The van der Waals surface area contributed by atoms with Gasteiger partial charge in [-0.15, -0.1) is 0 Å². The van der Waals surface area contributed by atoms with Gasteiger partial charge in [0, 0.05) is 0 Å². The zero-order chi connectivity index (χ0) is 17.6. The molecule has 7 heteroatoms. The maximum absolute atomic E-state index is 12.4. The first-order chi connectivity index (χ1) is 12.2. The van der Waals surface area contributed by atoms with Crippen LogP contribution in [-0.4, -0.2) is 31.3 Å². The van der Waals surface area contributed by atoms with Gasteiger partial charge in [0.2, 0.25) is 0 Å². The summed E-state index contributed by atoms with van der Waals surface area (Å²) in [5.74, 6) is -0.460. The number of amides is 2. The van der Waals surface area contributed by atoms with Gasteiger partial charge in [0.1, 0.15) is 0 Å². The second kappa shape index (κ2) is 7.89. The molecule has 126 valence electrons. The van der Waals surface area contributed by atoms with Crippen LogP contribution in [-0.2, 0) is 6.54 Å². The molecule has 0 radical (unpaired) electrons. The number of nitrogens with zero attached hydrogens (tertiary/aromatic N) is 1. The predicted octanol–water partition coefficient (Wildman–Crippen LogP) is 2.10. The average molecular weight is 399 g/mol. The van der Waals surface area contributed by atoms with E-state index in [1.807, 2.05) is 30.3 Å². The summed E-state index contributed by atoms with van der Waals surface area (Å²) < 4.78 is 1.06. The van der Waals surface area contributed by atoms with Gasteiger partial charge in [-0.1, -0.05) is 0 Å². The molecule has 0 saturated heterocycles. The topological polar surface area (TPSA) is 97.1 Å². The van der Waals surface area contributed by atoms with Crippen LogP contribution in [0.4, 0.5) is 10.4 Å². The van der Waals surface area contributed by atoms with Crippen LogP contribution >= 0.6 is 0 Å². The van der Waals surface area contributed by atoms with E-state index in [1.165, 1.54) is 6.20 Å². The molecule has 3 aromatic rings. The average Bonchev–Trinajstić information content (AvgIpc) is 3.11. The normalized spacial score (nSPS) is 10.3. The summed E-state index contributed by atoms with van der Waals surface area (Å²) in [6.07, 6.45) is 1.50. The summed E-state index contributed by atoms with van der Waals surface area (Å²) in [5, 5.41) is 5.60. The summed E-state index contributed by atoms with van der Waals surface area (Å²) in [5.41, 5.74) is 7.78. The number of para-hydroxylation sites is 1. The van der Waals surface area contributed by atoms with Crippen LogP contribution < -0.4 is 16.4 Å². The van der Waals surface area contributed by atoms with Crippen molar-refractivity contribution in [3.05, 3.63) is 76.4 Å². The summed E-state index contributed by atoms with van der Waals surface area (Å²) in [6.45, 7) is 0.343. The number of hydrogen-bond donors (Lipinski definition) is 3. The fraction of sp³-hybridized carbons (Fsp3) is 0.0556. The van der Waals surface area contributed by atoms with Gasteiger partial charge < -0.3 is 0 Å². The first kappa shape index (κ1) is 17.1. The Morgan fingerprint density at radius 2 is 1.68 bits per heavy atom. The van der Waals surface area contributed by atoms with Crippen molar-refractivity contribution in [2.45, 2.75) is 6.54 Å². The van der Waals surface area contributed by atoms with E-state index in [0.29, 0.717) is 26.9 Å². The van der Waals surface area contributed by atoms with E-state index in [1.54, 1.807) is 24.3 Å². The molecule has 0 fully saturated rings. The molecule has 0 atom stereocenters. The number of carbonyl (C=O) groups is 2. The number of nitrogens with one attached hydrogen (secondary N) is 2. The van der Waals surface area contributed by atoms with E-state index < -0.39 is 0 Å². The molecule has 1 aromatic heterocycles. The summed E-state index contributed by atoms with van der Waals surface area (Å²) >= 11 is -0.355. The van der Waals surface area contributed by atoms with Gasteiger partial charge in [-0.25, -0.2) is 0 Å². The second-order valence-corrected chi connectivity index (χ2v) is 7.33. The SMILES string of the molecule is NCc1ccccc1NC(=O)c1cnc(NC(=O)c2ccccc2)[se]1. The Kier molecular flexibility index (Phi) is 5.40. The quantitative estimate of drug-likeness (QED) is 0.573. The van der Waals surface area contributed by atoms with E-state index >= 15 is 0 Å². The molecule has 0 aliphatic heterocycles.